The molecule has 3 atom stereocenters. The van der Waals surface area contributed by atoms with Crippen LogP contribution in [0.4, 0.5) is 0 Å². The molecule has 130 valence electrons. The average Bonchev–Trinajstić information content (AvgIpc) is 2.62. The van der Waals surface area contributed by atoms with Gasteiger partial charge in [0.1, 0.15) is 0 Å². The predicted octanol–water partition coefficient (Wildman–Crippen LogP) is 3.50. The molecule has 0 aromatic heterocycles. The van der Waals surface area contributed by atoms with Crippen LogP contribution in [0.5, 0.6) is 0 Å². The lowest BCUT2D eigenvalue weighted by Crippen LogP contribution is -2.48. The zero-order chi connectivity index (χ0) is 16.9. The lowest BCUT2D eigenvalue weighted by molar-refractivity contribution is -0.146. The van der Waals surface area contributed by atoms with Gasteiger partial charge in [0.2, 0.25) is 5.91 Å². The molecule has 1 saturated carbocycles. The van der Waals surface area contributed by atoms with E-state index in [2.05, 4.69) is 17.0 Å². The third-order valence-corrected chi connectivity index (χ3v) is 5.60. The number of hydrogen-bond donors (Lipinski definition) is 1. The number of benzene rings is 1. The van der Waals surface area contributed by atoms with Crippen LogP contribution < -0.4 is 0 Å². The molecule has 2 fully saturated rings. The quantitative estimate of drug-likeness (QED) is 0.920. The number of amides is 1. The van der Waals surface area contributed by atoms with E-state index in [9.17, 15) is 14.7 Å². The minimum absolute atomic E-state index is 0.101. The first-order valence-electron chi connectivity index (χ1n) is 9.22. The summed E-state index contributed by atoms with van der Waals surface area (Å²) in [5.41, 5.74) is 1.27. The highest BCUT2D eigenvalue weighted by atomic mass is 16.4. The van der Waals surface area contributed by atoms with Crippen LogP contribution in [0.2, 0.25) is 0 Å². The van der Waals surface area contributed by atoms with E-state index in [1.54, 1.807) is 0 Å². The zero-order valence-electron chi connectivity index (χ0n) is 14.2. The van der Waals surface area contributed by atoms with Crippen molar-refractivity contribution in [3.63, 3.8) is 0 Å². The molecule has 1 N–H and O–H groups in total. The molecule has 2 aliphatic rings. The van der Waals surface area contributed by atoms with Gasteiger partial charge in [-0.05, 0) is 50.5 Å². The van der Waals surface area contributed by atoms with E-state index < -0.39 is 5.97 Å². The number of rotatable bonds is 4. The first-order valence-corrected chi connectivity index (χ1v) is 9.22. The fraction of sp³-hybridized carbons (Fsp3) is 0.600. The fourth-order valence-electron chi connectivity index (χ4n) is 4.26. The average molecular weight is 329 g/mol. The molecule has 1 saturated heterocycles. The molecular weight excluding hydrogens is 302 g/mol. The lowest BCUT2D eigenvalue weighted by Gasteiger charge is -2.39. The normalized spacial score (nSPS) is 27.7. The number of hydrogen-bond acceptors (Lipinski definition) is 2. The summed E-state index contributed by atoms with van der Waals surface area (Å²) in [6.45, 7) is 0.824. The molecule has 4 heteroatoms. The monoisotopic (exact) mass is 329 g/mol. The number of piperidine rings is 1. The number of carbonyl (C=O) groups excluding carboxylic acids is 1. The van der Waals surface area contributed by atoms with Gasteiger partial charge in [-0.3, -0.25) is 9.59 Å². The number of carbonyl (C=O) groups is 2. The Morgan fingerprint density at radius 3 is 2.50 bits per heavy atom. The Balaban J connectivity index is 1.68. The molecular formula is C20H27NO3. The topological polar surface area (TPSA) is 57.6 Å². The van der Waals surface area contributed by atoms with E-state index in [-0.39, 0.29) is 23.8 Å². The highest BCUT2D eigenvalue weighted by Gasteiger charge is 2.36. The van der Waals surface area contributed by atoms with Crippen LogP contribution in [0.15, 0.2) is 30.3 Å². The van der Waals surface area contributed by atoms with Gasteiger partial charge in [0.25, 0.3) is 0 Å². The molecule has 3 unspecified atom stereocenters. The smallest absolute Gasteiger partial charge is 0.306 e. The summed E-state index contributed by atoms with van der Waals surface area (Å²) in [6, 6.07) is 10.6. The number of carboxylic acids is 1. The van der Waals surface area contributed by atoms with Crippen molar-refractivity contribution in [2.75, 3.05) is 6.54 Å². The van der Waals surface area contributed by atoms with Crippen molar-refractivity contribution >= 4 is 11.9 Å². The number of likely N-dealkylation sites (tertiary alicyclic amines) is 1. The highest BCUT2D eigenvalue weighted by molar-refractivity contribution is 5.80. The Hall–Kier alpha value is -1.84. The Bertz CT molecular complexity index is 572. The van der Waals surface area contributed by atoms with E-state index in [1.165, 1.54) is 12.0 Å². The lowest BCUT2D eigenvalue weighted by atomic mass is 9.80. The van der Waals surface area contributed by atoms with E-state index in [0.717, 1.165) is 38.6 Å². The number of aliphatic carboxylic acids is 1. The minimum Gasteiger partial charge on any atom is -0.481 e. The van der Waals surface area contributed by atoms with Gasteiger partial charge in [-0.2, -0.15) is 0 Å². The molecule has 24 heavy (non-hydrogen) atoms. The zero-order valence-corrected chi connectivity index (χ0v) is 14.2. The van der Waals surface area contributed by atoms with Gasteiger partial charge < -0.3 is 10.0 Å². The molecule has 1 heterocycles. The SMILES string of the molecule is O=C(O)C1CCCC(C(=O)N2CCCCC2Cc2ccccc2)C1. The highest BCUT2D eigenvalue weighted by Crippen LogP contribution is 2.32. The summed E-state index contributed by atoms with van der Waals surface area (Å²) >= 11 is 0. The van der Waals surface area contributed by atoms with Gasteiger partial charge in [-0.1, -0.05) is 36.8 Å². The Morgan fingerprint density at radius 2 is 1.75 bits per heavy atom. The van der Waals surface area contributed by atoms with Crippen LogP contribution >= 0.6 is 0 Å². The van der Waals surface area contributed by atoms with E-state index >= 15 is 0 Å². The number of nitrogens with zero attached hydrogens (tertiary/aromatic N) is 1. The van der Waals surface area contributed by atoms with Crippen LogP contribution in [-0.4, -0.2) is 34.5 Å². The maximum atomic E-state index is 13.1. The van der Waals surface area contributed by atoms with Crippen molar-refractivity contribution < 1.29 is 14.7 Å². The molecule has 0 radical (unpaired) electrons. The van der Waals surface area contributed by atoms with Crippen LogP contribution in [0.25, 0.3) is 0 Å². The molecule has 1 aromatic rings. The van der Waals surface area contributed by atoms with Gasteiger partial charge >= 0.3 is 5.97 Å². The summed E-state index contributed by atoms with van der Waals surface area (Å²) < 4.78 is 0. The van der Waals surface area contributed by atoms with E-state index in [1.807, 2.05) is 18.2 Å². The minimum atomic E-state index is -0.744. The Labute approximate surface area is 143 Å². The van der Waals surface area contributed by atoms with Crippen LogP contribution in [0.3, 0.4) is 0 Å². The molecule has 1 aliphatic carbocycles. The van der Waals surface area contributed by atoms with Gasteiger partial charge in [0.15, 0.2) is 0 Å². The molecule has 3 rings (SSSR count). The summed E-state index contributed by atoms with van der Waals surface area (Å²) in [6.07, 6.45) is 7.12. The summed E-state index contributed by atoms with van der Waals surface area (Å²) in [7, 11) is 0. The van der Waals surface area contributed by atoms with Gasteiger partial charge in [0, 0.05) is 18.5 Å². The maximum Gasteiger partial charge on any atom is 0.306 e. The second-order valence-corrected chi connectivity index (χ2v) is 7.27. The Kier molecular flexibility index (Phi) is 5.54. The Morgan fingerprint density at radius 1 is 1.00 bits per heavy atom. The van der Waals surface area contributed by atoms with Crippen molar-refractivity contribution in [1.82, 2.24) is 4.90 Å². The summed E-state index contributed by atoms with van der Waals surface area (Å²) in [5.74, 6) is -0.991. The third kappa shape index (κ3) is 3.97. The van der Waals surface area contributed by atoms with Crippen molar-refractivity contribution in [1.29, 1.82) is 0 Å². The predicted molar refractivity (Wildman–Crippen MR) is 92.6 cm³/mol. The summed E-state index contributed by atoms with van der Waals surface area (Å²) in [4.78, 5) is 26.4. The van der Waals surface area contributed by atoms with Crippen molar-refractivity contribution in [3.05, 3.63) is 35.9 Å². The van der Waals surface area contributed by atoms with E-state index in [4.69, 9.17) is 0 Å². The van der Waals surface area contributed by atoms with Gasteiger partial charge in [-0.15, -0.1) is 0 Å². The molecule has 4 nitrogen and oxygen atoms in total. The van der Waals surface area contributed by atoms with Crippen LogP contribution in [-0.2, 0) is 16.0 Å². The van der Waals surface area contributed by atoms with Crippen LogP contribution in [0.1, 0.15) is 50.5 Å². The van der Waals surface area contributed by atoms with E-state index in [0.29, 0.717) is 12.8 Å². The molecule has 1 aromatic carbocycles. The standard InChI is InChI=1S/C20H27NO3/c22-19(16-9-6-10-17(14-16)20(23)24)21-12-5-4-11-18(21)13-15-7-2-1-3-8-15/h1-3,7-8,16-18H,4-6,9-14H2,(H,23,24). The molecule has 0 spiro atoms. The largest absolute Gasteiger partial charge is 0.481 e. The third-order valence-electron chi connectivity index (χ3n) is 5.60. The summed E-state index contributed by atoms with van der Waals surface area (Å²) in [5, 5.41) is 9.27. The first kappa shape index (κ1) is 17.0. The molecule has 1 amide bonds. The van der Waals surface area contributed by atoms with Gasteiger partial charge in [0.05, 0.1) is 5.92 Å². The fourth-order valence-corrected chi connectivity index (χ4v) is 4.26. The van der Waals surface area contributed by atoms with Crippen molar-refractivity contribution in [2.24, 2.45) is 11.8 Å². The van der Waals surface area contributed by atoms with Crippen molar-refractivity contribution in [2.45, 2.75) is 57.4 Å². The molecule has 0 bridgehead atoms. The maximum absolute atomic E-state index is 13.1. The first-order chi connectivity index (χ1) is 11.6. The second-order valence-electron chi connectivity index (χ2n) is 7.27. The number of carboxylic acid groups (broad SMARTS) is 1. The van der Waals surface area contributed by atoms with Crippen LogP contribution in [0, 0.1) is 11.8 Å². The molecule has 1 aliphatic heterocycles. The second kappa shape index (κ2) is 7.82. The van der Waals surface area contributed by atoms with Crippen molar-refractivity contribution in [3.8, 4) is 0 Å². The van der Waals surface area contributed by atoms with Gasteiger partial charge in [-0.25, -0.2) is 0 Å².